The molecule has 0 fully saturated rings. The van der Waals surface area contributed by atoms with E-state index in [2.05, 4.69) is 5.32 Å². The Morgan fingerprint density at radius 2 is 1.83 bits per heavy atom. The van der Waals surface area contributed by atoms with Gasteiger partial charge in [0.1, 0.15) is 4.88 Å². The molecule has 0 atom stereocenters. The fourth-order valence-electron chi connectivity index (χ4n) is 2.18. The Hall–Kier alpha value is -0.970. The van der Waals surface area contributed by atoms with Crippen LogP contribution < -0.4 is 5.32 Å². The van der Waals surface area contributed by atoms with Crippen molar-refractivity contribution in [3.63, 3.8) is 0 Å². The molecule has 0 aliphatic rings. The van der Waals surface area contributed by atoms with Crippen LogP contribution in [0.2, 0.25) is 20.1 Å². The van der Waals surface area contributed by atoms with Crippen molar-refractivity contribution < 1.29 is 4.79 Å². The van der Waals surface area contributed by atoms with Gasteiger partial charge >= 0.3 is 0 Å². The number of carbonyl (C=O) groups is 1. The fourth-order valence-corrected chi connectivity index (χ4v) is 4.63. The van der Waals surface area contributed by atoms with Gasteiger partial charge in [-0.15, -0.1) is 11.3 Å². The van der Waals surface area contributed by atoms with Crippen molar-refractivity contribution >= 4 is 79.4 Å². The van der Waals surface area contributed by atoms with Crippen LogP contribution in [0.4, 0.5) is 5.69 Å². The number of amides is 1. The summed E-state index contributed by atoms with van der Waals surface area (Å²) in [7, 11) is 0. The van der Waals surface area contributed by atoms with Gasteiger partial charge < -0.3 is 5.32 Å². The van der Waals surface area contributed by atoms with Crippen molar-refractivity contribution in [1.29, 1.82) is 0 Å². The summed E-state index contributed by atoms with van der Waals surface area (Å²) < 4.78 is 0.764. The van der Waals surface area contributed by atoms with Crippen molar-refractivity contribution in [2.24, 2.45) is 0 Å². The van der Waals surface area contributed by atoms with Crippen LogP contribution in [0.3, 0.4) is 0 Å². The molecule has 0 unspecified atom stereocenters. The first-order valence-electron chi connectivity index (χ1n) is 6.52. The summed E-state index contributed by atoms with van der Waals surface area (Å²) in [5.41, 5.74) is 1.43. The van der Waals surface area contributed by atoms with Crippen LogP contribution in [-0.4, -0.2) is 5.91 Å². The monoisotopic (exact) mass is 403 g/mol. The summed E-state index contributed by atoms with van der Waals surface area (Å²) in [6.45, 7) is 1.83. The van der Waals surface area contributed by atoms with Crippen molar-refractivity contribution in [3.05, 3.63) is 60.9 Å². The molecule has 0 aliphatic heterocycles. The second kappa shape index (κ2) is 6.50. The van der Waals surface area contributed by atoms with Crippen LogP contribution in [0.15, 0.2) is 30.3 Å². The lowest BCUT2D eigenvalue weighted by molar-refractivity contribution is 0.103. The summed E-state index contributed by atoms with van der Waals surface area (Å²) >= 11 is 25.8. The summed E-state index contributed by atoms with van der Waals surface area (Å²) in [6.07, 6.45) is 0. The quantitative estimate of drug-likeness (QED) is 0.485. The van der Waals surface area contributed by atoms with E-state index >= 15 is 0 Å². The highest BCUT2D eigenvalue weighted by molar-refractivity contribution is 7.21. The van der Waals surface area contributed by atoms with Crippen LogP contribution in [0.5, 0.6) is 0 Å². The molecule has 7 heteroatoms. The van der Waals surface area contributed by atoms with E-state index in [0.717, 1.165) is 10.3 Å². The van der Waals surface area contributed by atoms with Crippen LogP contribution in [0, 0.1) is 6.92 Å². The van der Waals surface area contributed by atoms with E-state index in [9.17, 15) is 4.79 Å². The third-order valence-electron chi connectivity index (χ3n) is 3.37. The van der Waals surface area contributed by atoms with Gasteiger partial charge in [0, 0.05) is 25.8 Å². The molecular formula is C16H9Cl4NOS. The number of anilines is 1. The van der Waals surface area contributed by atoms with E-state index in [4.69, 9.17) is 46.4 Å². The molecule has 2 nitrogen and oxygen atoms in total. The SMILES string of the molecule is Cc1c(Cl)cccc1NC(=O)c1sc2cc(Cl)cc(Cl)c2c1Cl. The number of carbonyl (C=O) groups excluding carboxylic acids is 1. The number of hydrogen-bond donors (Lipinski definition) is 1. The van der Waals surface area contributed by atoms with E-state index in [0.29, 0.717) is 36.0 Å². The Balaban J connectivity index is 2.03. The van der Waals surface area contributed by atoms with Crippen LogP contribution in [0.1, 0.15) is 15.2 Å². The van der Waals surface area contributed by atoms with Gasteiger partial charge in [0.2, 0.25) is 0 Å². The predicted octanol–water partition coefficient (Wildman–Crippen LogP) is 7.08. The molecule has 3 aromatic rings. The second-order valence-electron chi connectivity index (χ2n) is 4.87. The highest BCUT2D eigenvalue weighted by atomic mass is 35.5. The summed E-state index contributed by atoms with van der Waals surface area (Å²) in [6, 6.07) is 8.66. The van der Waals surface area contributed by atoms with Crippen molar-refractivity contribution in [2.75, 3.05) is 5.32 Å². The standard InChI is InChI=1S/C16H9Cl4NOS/c1-7-9(18)3-2-4-11(7)21-16(22)15-14(20)13-10(19)5-8(17)6-12(13)23-15/h2-6H,1H3,(H,21,22). The summed E-state index contributed by atoms with van der Waals surface area (Å²) in [5, 5.41) is 5.29. The molecule has 23 heavy (non-hydrogen) atoms. The first kappa shape index (κ1) is 16.9. The highest BCUT2D eigenvalue weighted by Crippen LogP contribution is 2.41. The van der Waals surface area contributed by atoms with Crippen molar-refractivity contribution in [2.45, 2.75) is 6.92 Å². The molecular weight excluding hydrogens is 396 g/mol. The molecule has 0 aliphatic carbocycles. The molecule has 0 spiro atoms. The van der Waals surface area contributed by atoms with Gasteiger partial charge in [-0.25, -0.2) is 0 Å². The Kier molecular flexibility index (Phi) is 4.77. The van der Waals surface area contributed by atoms with E-state index in [1.165, 1.54) is 11.3 Å². The zero-order valence-electron chi connectivity index (χ0n) is 11.7. The normalized spacial score (nSPS) is 11.0. The lowest BCUT2D eigenvalue weighted by Gasteiger charge is -2.08. The average molecular weight is 405 g/mol. The zero-order valence-corrected chi connectivity index (χ0v) is 15.6. The molecule has 1 aromatic heterocycles. The maximum Gasteiger partial charge on any atom is 0.267 e. The van der Waals surface area contributed by atoms with Crippen LogP contribution >= 0.6 is 57.7 Å². The molecule has 0 bridgehead atoms. The second-order valence-corrected chi connectivity index (χ2v) is 7.55. The highest BCUT2D eigenvalue weighted by Gasteiger charge is 2.20. The average Bonchev–Trinajstić information content (AvgIpc) is 2.81. The lowest BCUT2D eigenvalue weighted by atomic mass is 10.2. The summed E-state index contributed by atoms with van der Waals surface area (Å²) in [4.78, 5) is 12.9. The van der Waals surface area contributed by atoms with Gasteiger partial charge in [-0.1, -0.05) is 52.5 Å². The molecule has 0 radical (unpaired) electrons. The van der Waals surface area contributed by atoms with Gasteiger partial charge in [0.05, 0.1) is 10.0 Å². The minimum absolute atomic E-state index is 0.311. The molecule has 118 valence electrons. The van der Waals surface area contributed by atoms with Gasteiger partial charge in [-0.3, -0.25) is 4.79 Å². The number of rotatable bonds is 2. The van der Waals surface area contributed by atoms with Gasteiger partial charge in [-0.05, 0) is 36.8 Å². The van der Waals surface area contributed by atoms with E-state index in [-0.39, 0.29) is 5.91 Å². The molecule has 0 saturated heterocycles. The molecule has 1 amide bonds. The smallest absolute Gasteiger partial charge is 0.267 e. The Bertz CT molecular complexity index is 935. The number of halogens is 4. The number of hydrogen-bond acceptors (Lipinski definition) is 2. The Morgan fingerprint density at radius 3 is 2.57 bits per heavy atom. The van der Waals surface area contributed by atoms with Crippen molar-refractivity contribution in [1.82, 2.24) is 0 Å². The van der Waals surface area contributed by atoms with Gasteiger partial charge in [-0.2, -0.15) is 0 Å². The molecule has 2 aromatic carbocycles. The molecule has 1 heterocycles. The van der Waals surface area contributed by atoms with Gasteiger partial charge in [0.15, 0.2) is 0 Å². The van der Waals surface area contributed by atoms with Crippen molar-refractivity contribution in [3.8, 4) is 0 Å². The lowest BCUT2D eigenvalue weighted by Crippen LogP contribution is -2.11. The maximum atomic E-state index is 12.6. The molecule has 1 N–H and O–H groups in total. The third kappa shape index (κ3) is 3.17. The largest absolute Gasteiger partial charge is 0.321 e. The Labute approximate surface area is 156 Å². The Morgan fingerprint density at radius 1 is 1.09 bits per heavy atom. The number of nitrogens with one attached hydrogen (secondary N) is 1. The molecule has 3 rings (SSSR count). The van der Waals surface area contributed by atoms with Crippen LogP contribution in [0.25, 0.3) is 10.1 Å². The third-order valence-corrected chi connectivity index (χ3v) is 5.92. The van der Waals surface area contributed by atoms with E-state index in [1.54, 1.807) is 30.3 Å². The maximum absolute atomic E-state index is 12.6. The van der Waals surface area contributed by atoms with Gasteiger partial charge in [0.25, 0.3) is 5.91 Å². The first-order chi connectivity index (χ1) is 10.9. The number of thiophene rings is 1. The fraction of sp³-hybridized carbons (Fsp3) is 0.0625. The minimum Gasteiger partial charge on any atom is -0.321 e. The first-order valence-corrected chi connectivity index (χ1v) is 8.85. The molecule has 0 saturated carbocycles. The topological polar surface area (TPSA) is 29.1 Å². The van der Waals surface area contributed by atoms with E-state index < -0.39 is 0 Å². The predicted molar refractivity (Wildman–Crippen MR) is 101 cm³/mol. The minimum atomic E-state index is -0.311. The summed E-state index contributed by atoms with van der Waals surface area (Å²) in [5.74, 6) is -0.311. The number of benzene rings is 2. The van der Waals surface area contributed by atoms with Crippen LogP contribution in [-0.2, 0) is 0 Å². The number of fused-ring (bicyclic) bond motifs is 1. The van der Waals surface area contributed by atoms with E-state index in [1.807, 2.05) is 6.92 Å². The zero-order chi connectivity index (χ0) is 16.7.